The van der Waals surface area contributed by atoms with Crippen molar-refractivity contribution < 1.29 is 28.6 Å². The fourth-order valence-electron chi connectivity index (χ4n) is 4.35. The van der Waals surface area contributed by atoms with E-state index in [1.165, 1.54) is 22.8 Å². The first-order chi connectivity index (χ1) is 21.0. The van der Waals surface area contributed by atoms with Crippen LogP contribution in [0.2, 0.25) is 0 Å². The van der Waals surface area contributed by atoms with Crippen molar-refractivity contribution in [2.24, 2.45) is 18.7 Å². The van der Waals surface area contributed by atoms with Crippen LogP contribution in [0.1, 0.15) is 45.7 Å². The number of amides is 1. The Bertz CT molecular complexity index is 1800. The molecule has 1 heterocycles. The summed E-state index contributed by atoms with van der Waals surface area (Å²) in [5, 5.41) is 3.04. The summed E-state index contributed by atoms with van der Waals surface area (Å²) in [5.41, 5.74) is 6.89. The van der Waals surface area contributed by atoms with E-state index in [-0.39, 0.29) is 53.8 Å². The van der Waals surface area contributed by atoms with Gasteiger partial charge in [0.05, 0.1) is 30.1 Å². The third-order valence-corrected chi connectivity index (χ3v) is 7.14. The summed E-state index contributed by atoms with van der Waals surface area (Å²) in [4.78, 5) is 63.6. The number of hydrogen-bond donors (Lipinski definition) is 2. The van der Waals surface area contributed by atoms with Crippen molar-refractivity contribution >= 4 is 41.2 Å². The van der Waals surface area contributed by atoms with E-state index in [2.05, 4.69) is 5.32 Å². The van der Waals surface area contributed by atoms with Crippen LogP contribution in [0.5, 0.6) is 5.75 Å². The molecule has 0 bridgehead atoms. The van der Waals surface area contributed by atoms with Crippen LogP contribution in [0.3, 0.4) is 0 Å². The highest BCUT2D eigenvalue weighted by atomic mass is 35.5. The summed E-state index contributed by atoms with van der Waals surface area (Å²) in [6.07, 6.45) is 0. The number of nitrogens with one attached hydrogen (secondary N) is 1. The summed E-state index contributed by atoms with van der Waals surface area (Å²) in [7, 11) is 3.12. The Hall–Kier alpha value is -4.94. The second-order valence-corrected chi connectivity index (χ2v) is 10.5. The lowest BCUT2D eigenvalue weighted by atomic mass is 10.1. The average Bonchev–Trinajstić information content (AvgIpc) is 3.04. The fraction of sp³-hybridized carbons (Fsp3) is 0.281. The van der Waals surface area contributed by atoms with Gasteiger partial charge in [-0.15, -0.1) is 12.4 Å². The van der Waals surface area contributed by atoms with Crippen LogP contribution >= 0.6 is 12.4 Å². The zero-order chi connectivity index (χ0) is 32.0. The highest BCUT2D eigenvalue weighted by Crippen LogP contribution is 2.14. The zero-order valence-corrected chi connectivity index (χ0v) is 26.1. The number of rotatable bonds is 11. The molecule has 4 aromatic rings. The molecular weight excluding hydrogens is 604 g/mol. The molecule has 1 unspecified atom stereocenters. The van der Waals surface area contributed by atoms with E-state index in [0.29, 0.717) is 16.8 Å². The minimum atomic E-state index is -0.826. The molecule has 1 atom stereocenters. The van der Waals surface area contributed by atoms with Crippen LogP contribution in [0.25, 0.3) is 10.9 Å². The number of ether oxygens (including phenoxy) is 3. The number of methoxy groups -OCH3 is 1. The SMILES string of the molecule is COc1ccc(CNC(=O)c2ccc3c(c2)c(=O)n(Cc2ccc(C(=O)OCOC(=O)C(N)C(C)C)cc2)c(=O)n3C)cc1.Cl. The summed E-state index contributed by atoms with van der Waals surface area (Å²) in [6, 6.07) is 17.1. The van der Waals surface area contributed by atoms with E-state index in [1.807, 2.05) is 12.1 Å². The van der Waals surface area contributed by atoms with Gasteiger partial charge in [0, 0.05) is 19.2 Å². The second kappa shape index (κ2) is 15.2. The van der Waals surface area contributed by atoms with Gasteiger partial charge >= 0.3 is 17.6 Å². The van der Waals surface area contributed by atoms with Crippen molar-refractivity contribution in [1.82, 2.24) is 14.5 Å². The molecule has 0 saturated carbocycles. The van der Waals surface area contributed by atoms with E-state index in [4.69, 9.17) is 19.9 Å². The van der Waals surface area contributed by atoms with Gasteiger partial charge in [-0.3, -0.25) is 23.5 Å². The Morgan fingerprint density at radius 3 is 2.13 bits per heavy atom. The predicted octanol–water partition coefficient (Wildman–Crippen LogP) is 2.75. The van der Waals surface area contributed by atoms with Gasteiger partial charge in [-0.05, 0) is 59.5 Å². The number of hydrogen-bond acceptors (Lipinski definition) is 9. The van der Waals surface area contributed by atoms with Crippen LogP contribution in [0.15, 0.2) is 76.3 Å². The maximum absolute atomic E-state index is 13.4. The quantitative estimate of drug-likeness (QED) is 0.186. The molecule has 3 aromatic carbocycles. The number of nitrogens with two attached hydrogens (primary N) is 1. The maximum Gasteiger partial charge on any atom is 0.340 e. The van der Waals surface area contributed by atoms with Gasteiger partial charge in [0.15, 0.2) is 0 Å². The van der Waals surface area contributed by atoms with Crippen molar-refractivity contribution in [3.8, 4) is 5.75 Å². The highest BCUT2D eigenvalue weighted by molar-refractivity contribution is 5.97. The molecule has 238 valence electrons. The van der Waals surface area contributed by atoms with E-state index < -0.39 is 36.0 Å². The van der Waals surface area contributed by atoms with Gasteiger partial charge < -0.3 is 25.3 Å². The summed E-state index contributed by atoms with van der Waals surface area (Å²) in [5.74, 6) is -1.19. The molecule has 0 aliphatic rings. The number of aromatic nitrogens is 2. The molecule has 1 aromatic heterocycles. The number of benzene rings is 3. The topological polar surface area (TPSA) is 161 Å². The largest absolute Gasteiger partial charge is 0.497 e. The number of aryl methyl sites for hydroxylation is 1. The number of halogens is 1. The Morgan fingerprint density at radius 2 is 1.51 bits per heavy atom. The van der Waals surface area contributed by atoms with Gasteiger partial charge in [-0.1, -0.05) is 38.1 Å². The molecule has 0 aliphatic heterocycles. The third-order valence-electron chi connectivity index (χ3n) is 7.14. The maximum atomic E-state index is 13.4. The molecule has 12 nitrogen and oxygen atoms in total. The molecule has 0 spiro atoms. The molecule has 13 heteroatoms. The second-order valence-electron chi connectivity index (χ2n) is 10.5. The van der Waals surface area contributed by atoms with E-state index >= 15 is 0 Å². The van der Waals surface area contributed by atoms with E-state index in [0.717, 1.165) is 10.1 Å². The van der Waals surface area contributed by atoms with Crippen molar-refractivity contribution in [2.75, 3.05) is 13.9 Å². The lowest BCUT2D eigenvalue weighted by Gasteiger charge is -2.14. The summed E-state index contributed by atoms with van der Waals surface area (Å²) in [6.45, 7) is 3.16. The van der Waals surface area contributed by atoms with Crippen LogP contribution in [-0.2, 0) is 34.4 Å². The molecule has 0 fully saturated rings. The number of carbonyl (C=O) groups is 3. The van der Waals surface area contributed by atoms with Gasteiger partial charge in [-0.2, -0.15) is 0 Å². The van der Waals surface area contributed by atoms with Crippen LogP contribution in [0, 0.1) is 5.92 Å². The first kappa shape index (κ1) is 34.5. The molecule has 0 saturated heterocycles. The Kier molecular flexibility index (Phi) is 11.7. The first-order valence-electron chi connectivity index (χ1n) is 13.8. The number of carbonyl (C=O) groups excluding carboxylic acids is 3. The Morgan fingerprint density at radius 1 is 0.889 bits per heavy atom. The molecule has 1 amide bonds. The lowest BCUT2D eigenvalue weighted by Crippen LogP contribution is -2.39. The monoisotopic (exact) mass is 638 g/mol. The van der Waals surface area contributed by atoms with Gasteiger partial charge in [0.1, 0.15) is 11.8 Å². The molecule has 0 radical (unpaired) electrons. The minimum Gasteiger partial charge on any atom is -0.497 e. The number of nitrogens with zero attached hydrogens (tertiary/aromatic N) is 2. The zero-order valence-electron chi connectivity index (χ0n) is 25.3. The van der Waals surface area contributed by atoms with Crippen LogP contribution in [0.4, 0.5) is 0 Å². The van der Waals surface area contributed by atoms with Gasteiger partial charge in [-0.25, -0.2) is 9.59 Å². The highest BCUT2D eigenvalue weighted by Gasteiger charge is 2.20. The molecule has 0 aliphatic carbocycles. The molecule has 3 N–H and O–H groups in total. The molecule has 45 heavy (non-hydrogen) atoms. The van der Waals surface area contributed by atoms with Crippen LogP contribution in [-0.4, -0.2) is 46.9 Å². The smallest absolute Gasteiger partial charge is 0.340 e. The van der Waals surface area contributed by atoms with Crippen molar-refractivity contribution in [2.45, 2.75) is 33.0 Å². The van der Waals surface area contributed by atoms with Crippen molar-refractivity contribution in [3.05, 3.63) is 110 Å². The summed E-state index contributed by atoms with van der Waals surface area (Å²) >= 11 is 0. The Labute approximate surface area is 265 Å². The standard InChI is InChI=1S/C32H34N4O8.ClH/c1-19(2)27(33)31(40)44-18-43-30(39)22-9-5-21(6-10-22)17-36-29(38)25-15-23(11-14-26(25)35(3)32(36)41)28(37)34-16-20-7-12-24(42-4)13-8-20;/h5-15,19,27H,16-18,33H2,1-4H3,(H,34,37);1H. The van der Waals surface area contributed by atoms with E-state index in [1.54, 1.807) is 64.4 Å². The van der Waals surface area contributed by atoms with Crippen molar-refractivity contribution in [1.29, 1.82) is 0 Å². The third kappa shape index (κ3) is 8.16. The molecular formula is C32H35ClN4O8. The van der Waals surface area contributed by atoms with Crippen molar-refractivity contribution in [3.63, 3.8) is 0 Å². The van der Waals surface area contributed by atoms with Gasteiger partial charge in [0.25, 0.3) is 11.5 Å². The summed E-state index contributed by atoms with van der Waals surface area (Å²) < 4.78 is 17.4. The first-order valence-corrected chi connectivity index (χ1v) is 13.8. The minimum absolute atomic E-state index is 0. The number of fused-ring (bicyclic) bond motifs is 1. The predicted molar refractivity (Wildman–Crippen MR) is 170 cm³/mol. The van der Waals surface area contributed by atoms with E-state index in [9.17, 15) is 24.0 Å². The molecule has 4 rings (SSSR count). The van der Waals surface area contributed by atoms with Gasteiger partial charge in [0.2, 0.25) is 6.79 Å². The average molecular weight is 639 g/mol. The fourth-order valence-corrected chi connectivity index (χ4v) is 4.35. The number of esters is 2. The lowest BCUT2D eigenvalue weighted by molar-refractivity contribution is -0.154. The Balaban J connectivity index is 0.00000552. The van der Waals surface area contributed by atoms with Crippen LogP contribution < -0.4 is 27.0 Å². The normalized spacial score (nSPS) is 11.4.